The van der Waals surface area contributed by atoms with Crippen molar-refractivity contribution < 1.29 is 24.2 Å². The van der Waals surface area contributed by atoms with Crippen LogP contribution in [0.15, 0.2) is 30.3 Å². The third-order valence-corrected chi connectivity index (χ3v) is 3.86. The highest BCUT2D eigenvalue weighted by Gasteiger charge is 2.16. The van der Waals surface area contributed by atoms with Crippen molar-refractivity contribution >= 4 is 29.2 Å². The minimum atomic E-state index is -1.17. The molecule has 0 unspecified atom stereocenters. The van der Waals surface area contributed by atoms with Gasteiger partial charge in [0, 0.05) is 6.07 Å². The van der Waals surface area contributed by atoms with Gasteiger partial charge in [-0.05, 0) is 31.0 Å². The predicted octanol–water partition coefficient (Wildman–Crippen LogP) is 3.68. The van der Waals surface area contributed by atoms with Gasteiger partial charge >= 0.3 is 5.97 Å². The Morgan fingerprint density at radius 2 is 1.84 bits per heavy atom. The van der Waals surface area contributed by atoms with Crippen LogP contribution in [0.3, 0.4) is 0 Å². The van der Waals surface area contributed by atoms with Gasteiger partial charge in [0.2, 0.25) is 0 Å². The van der Waals surface area contributed by atoms with Gasteiger partial charge in [-0.2, -0.15) is 0 Å². The summed E-state index contributed by atoms with van der Waals surface area (Å²) in [4.78, 5) is 23.3. The molecule has 0 aliphatic carbocycles. The van der Waals surface area contributed by atoms with Crippen LogP contribution in [-0.4, -0.2) is 30.7 Å². The molecular weight excluding hydrogens is 346 g/mol. The largest absolute Gasteiger partial charge is 0.496 e. The van der Waals surface area contributed by atoms with Gasteiger partial charge < -0.3 is 19.9 Å². The molecule has 0 radical (unpaired) electrons. The lowest BCUT2D eigenvalue weighted by Crippen LogP contribution is -2.21. The number of ether oxygens (including phenoxy) is 2. The SMILES string of the molecule is COc1cc(NC(=O)COc2c(C)cccc2C)c(Cl)cc1C(=O)O. The second-order valence-electron chi connectivity index (χ2n) is 5.40. The minimum Gasteiger partial charge on any atom is -0.496 e. The first-order valence-electron chi connectivity index (χ1n) is 7.43. The lowest BCUT2D eigenvalue weighted by Gasteiger charge is -2.14. The number of carboxylic acid groups (broad SMARTS) is 1. The number of rotatable bonds is 6. The maximum atomic E-state index is 12.1. The molecule has 0 heterocycles. The van der Waals surface area contributed by atoms with E-state index in [1.807, 2.05) is 32.0 Å². The summed E-state index contributed by atoms with van der Waals surface area (Å²) in [7, 11) is 1.34. The van der Waals surface area contributed by atoms with Gasteiger partial charge in [0.15, 0.2) is 6.61 Å². The van der Waals surface area contributed by atoms with Crippen LogP contribution in [0.25, 0.3) is 0 Å². The first-order chi connectivity index (χ1) is 11.8. The molecule has 0 aliphatic heterocycles. The van der Waals surface area contributed by atoms with Crippen molar-refractivity contribution in [2.45, 2.75) is 13.8 Å². The van der Waals surface area contributed by atoms with Gasteiger partial charge in [0.25, 0.3) is 5.91 Å². The Hall–Kier alpha value is -2.73. The average Bonchev–Trinajstić information content (AvgIpc) is 2.55. The number of anilines is 1. The number of para-hydroxylation sites is 1. The second-order valence-corrected chi connectivity index (χ2v) is 5.80. The molecule has 0 spiro atoms. The third kappa shape index (κ3) is 4.42. The van der Waals surface area contributed by atoms with Crippen molar-refractivity contribution in [2.24, 2.45) is 0 Å². The van der Waals surface area contributed by atoms with Crippen LogP contribution in [0.2, 0.25) is 5.02 Å². The number of aromatic carboxylic acids is 1. The molecule has 0 atom stereocenters. The normalized spacial score (nSPS) is 10.2. The molecule has 0 fully saturated rings. The number of aryl methyl sites for hydroxylation is 2. The Balaban J connectivity index is 2.11. The first-order valence-corrected chi connectivity index (χ1v) is 7.81. The fourth-order valence-electron chi connectivity index (χ4n) is 2.34. The number of amides is 1. The smallest absolute Gasteiger partial charge is 0.339 e. The summed E-state index contributed by atoms with van der Waals surface area (Å²) in [6, 6.07) is 8.29. The van der Waals surface area contributed by atoms with Crippen LogP contribution in [-0.2, 0) is 4.79 Å². The molecule has 2 N–H and O–H groups in total. The van der Waals surface area contributed by atoms with E-state index in [-0.39, 0.29) is 28.6 Å². The highest BCUT2D eigenvalue weighted by molar-refractivity contribution is 6.34. The van der Waals surface area contributed by atoms with Gasteiger partial charge in [0.1, 0.15) is 17.1 Å². The number of hydrogen-bond acceptors (Lipinski definition) is 4. The number of carboxylic acids is 1. The summed E-state index contributed by atoms with van der Waals surface area (Å²) in [5, 5.41) is 11.8. The molecule has 7 heteroatoms. The van der Waals surface area contributed by atoms with Crippen molar-refractivity contribution in [3.8, 4) is 11.5 Å². The minimum absolute atomic E-state index is 0.0858. The molecule has 2 aromatic carbocycles. The standard InChI is InChI=1S/C18H18ClNO5/c1-10-5-4-6-11(2)17(10)25-9-16(21)20-14-8-15(24-3)12(18(22)23)7-13(14)19/h4-8H,9H2,1-3H3,(H,20,21)(H,22,23). The molecule has 6 nitrogen and oxygen atoms in total. The zero-order valence-corrected chi connectivity index (χ0v) is 14.8. The topological polar surface area (TPSA) is 84.9 Å². The van der Waals surface area contributed by atoms with Crippen molar-refractivity contribution in [3.05, 3.63) is 52.0 Å². The van der Waals surface area contributed by atoms with E-state index in [0.29, 0.717) is 5.75 Å². The molecule has 0 aromatic heterocycles. The van der Waals surface area contributed by atoms with Crippen LogP contribution in [0, 0.1) is 13.8 Å². The zero-order chi connectivity index (χ0) is 18.6. The van der Waals surface area contributed by atoms with Crippen molar-refractivity contribution in [1.29, 1.82) is 0 Å². The number of carbonyl (C=O) groups is 2. The van der Waals surface area contributed by atoms with Crippen LogP contribution in [0.5, 0.6) is 11.5 Å². The molecule has 1 amide bonds. The maximum absolute atomic E-state index is 12.1. The van der Waals surface area contributed by atoms with E-state index >= 15 is 0 Å². The maximum Gasteiger partial charge on any atom is 0.339 e. The van der Waals surface area contributed by atoms with Gasteiger partial charge in [0.05, 0.1) is 17.8 Å². The van der Waals surface area contributed by atoms with E-state index < -0.39 is 11.9 Å². The molecular formula is C18H18ClNO5. The molecule has 25 heavy (non-hydrogen) atoms. The van der Waals surface area contributed by atoms with Gasteiger partial charge in [-0.15, -0.1) is 0 Å². The second kappa shape index (κ2) is 7.90. The Morgan fingerprint density at radius 3 is 2.40 bits per heavy atom. The van der Waals surface area contributed by atoms with E-state index in [0.717, 1.165) is 11.1 Å². The summed E-state index contributed by atoms with van der Waals surface area (Å²) in [6.07, 6.45) is 0. The summed E-state index contributed by atoms with van der Waals surface area (Å²) >= 11 is 6.04. The first kappa shape index (κ1) is 18.6. The number of nitrogens with one attached hydrogen (secondary N) is 1. The molecule has 0 saturated carbocycles. The fourth-order valence-corrected chi connectivity index (χ4v) is 2.55. The summed E-state index contributed by atoms with van der Waals surface area (Å²) in [6.45, 7) is 3.59. The Kier molecular flexibility index (Phi) is 5.88. The highest BCUT2D eigenvalue weighted by Crippen LogP contribution is 2.31. The molecule has 2 rings (SSSR count). The van der Waals surface area contributed by atoms with E-state index in [4.69, 9.17) is 26.2 Å². The Labute approximate surface area is 150 Å². The summed E-state index contributed by atoms with van der Waals surface area (Å²) in [5.41, 5.74) is 2.02. The molecule has 2 aromatic rings. The van der Waals surface area contributed by atoms with Gasteiger partial charge in [-0.1, -0.05) is 29.8 Å². The Morgan fingerprint density at radius 1 is 1.20 bits per heavy atom. The highest BCUT2D eigenvalue weighted by atomic mass is 35.5. The van der Waals surface area contributed by atoms with Crippen molar-refractivity contribution in [1.82, 2.24) is 0 Å². The third-order valence-electron chi connectivity index (χ3n) is 3.55. The number of halogens is 1. The summed E-state index contributed by atoms with van der Waals surface area (Å²) < 4.78 is 10.6. The quantitative estimate of drug-likeness (QED) is 0.817. The number of hydrogen-bond donors (Lipinski definition) is 2. The van der Waals surface area contributed by atoms with E-state index in [1.165, 1.54) is 19.2 Å². The van der Waals surface area contributed by atoms with Crippen LogP contribution in [0.1, 0.15) is 21.5 Å². The van der Waals surface area contributed by atoms with Crippen LogP contribution >= 0.6 is 11.6 Å². The van der Waals surface area contributed by atoms with Gasteiger partial charge in [-0.3, -0.25) is 4.79 Å². The molecule has 0 aliphatic rings. The average molecular weight is 364 g/mol. The molecule has 132 valence electrons. The van der Waals surface area contributed by atoms with Crippen molar-refractivity contribution in [3.63, 3.8) is 0 Å². The predicted molar refractivity (Wildman–Crippen MR) is 95.0 cm³/mol. The van der Waals surface area contributed by atoms with E-state index in [9.17, 15) is 9.59 Å². The number of benzene rings is 2. The number of carbonyl (C=O) groups excluding carboxylic acids is 1. The molecule has 0 bridgehead atoms. The van der Waals surface area contributed by atoms with Gasteiger partial charge in [-0.25, -0.2) is 4.79 Å². The number of methoxy groups -OCH3 is 1. The monoisotopic (exact) mass is 363 g/mol. The van der Waals surface area contributed by atoms with E-state index in [2.05, 4.69) is 5.32 Å². The lowest BCUT2D eigenvalue weighted by atomic mass is 10.1. The lowest BCUT2D eigenvalue weighted by molar-refractivity contribution is -0.118. The molecule has 0 saturated heterocycles. The summed E-state index contributed by atoms with van der Waals surface area (Å²) in [5.74, 6) is -0.838. The van der Waals surface area contributed by atoms with Crippen molar-refractivity contribution in [2.75, 3.05) is 19.0 Å². The van der Waals surface area contributed by atoms with Crippen LogP contribution < -0.4 is 14.8 Å². The van der Waals surface area contributed by atoms with Crippen LogP contribution in [0.4, 0.5) is 5.69 Å². The van der Waals surface area contributed by atoms with E-state index in [1.54, 1.807) is 0 Å². The fraction of sp³-hybridized carbons (Fsp3) is 0.222. The Bertz CT molecular complexity index is 799. The zero-order valence-electron chi connectivity index (χ0n) is 14.1.